The molecule has 1 aliphatic rings. The van der Waals surface area contributed by atoms with E-state index in [4.69, 9.17) is 0 Å². The molecule has 24 heavy (non-hydrogen) atoms. The Labute approximate surface area is 144 Å². The van der Waals surface area contributed by atoms with Crippen LogP contribution in [0.4, 0.5) is 4.79 Å². The molecule has 0 aromatic heterocycles. The molecule has 1 aromatic carbocycles. The molecule has 0 spiro atoms. The first-order valence-electron chi connectivity index (χ1n) is 8.09. The fraction of sp³-hybridized carbons (Fsp3) is 0.588. The van der Waals surface area contributed by atoms with E-state index in [-0.39, 0.29) is 22.4 Å². The van der Waals surface area contributed by atoms with Crippen molar-refractivity contribution in [3.63, 3.8) is 0 Å². The van der Waals surface area contributed by atoms with Crippen LogP contribution in [0.3, 0.4) is 0 Å². The number of carbonyl (C=O) groups excluding carboxylic acids is 1. The van der Waals surface area contributed by atoms with Crippen LogP contribution < -0.4 is 4.72 Å². The lowest BCUT2D eigenvalue weighted by Gasteiger charge is -2.31. The molecule has 1 aliphatic heterocycles. The van der Waals surface area contributed by atoms with E-state index in [1.807, 2.05) is 12.1 Å². The first-order chi connectivity index (χ1) is 11.1. The second-order valence-corrected chi connectivity index (χ2v) is 8.84. The van der Waals surface area contributed by atoms with Gasteiger partial charge in [-0.25, -0.2) is 17.9 Å². The summed E-state index contributed by atoms with van der Waals surface area (Å²) in [4.78, 5) is 13.3. The van der Waals surface area contributed by atoms with Gasteiger partial charge in [0.05, 0.1) is 12.0 Å². The molecule has 1 aromatic rings. The van der Waals surface area contributed by atoms with Crippen LogP contribution in [0, 0.1) is 0 Å². The molecule has 1 saturated heterocycles. The Hall–Kier alpha value is -1.60. The molecule has 0 atom stereocenters. The van der Waals surface area contributed by atoms with Crippen molar-refractivity contribution in [1.29, 1.82) is 0 Å². The third-order valence-electron chi connectivity index (χ3n) is 4.28. The maximum atomic E-state index is 12.5. The molecule has 0 radical (unpaired) electrons. The van der Waals surface area contributed by atoms with Crippen LogP contribution in [0.2, 0.25) is 0 Å². The zero-order chi connectivity index (χ0) is 18.0. The largest absolute Gasteiger partial charge is 0.453 e. The van der Waals surface area contributed by atoms with Crippen LogP contribution >= 0.6 is 0 Å². The van der Waals surface area contributed by atoms with Gasteiger partial charge in [-0.1, -0.05) is 32.9 Å². The SMILES string of the molecule is COC(=O)N1CCC(NS(=O)(=O)c2ccc(C(C)(C)C)cc2)CC1. The van der Waals surface area contributed by atoms with Crippen molar-refractivity contribution in [3.05, 3.63) is 29.8 Å². The number of nitrogens with one attached hydrogen (secondary N) is 1. The number of sulfonamides is 1. The molecule has 6 nitrogen and oxygen atoms in total. The fourth-order valence-electron chi connectivity index (χ4n) is 2.73. The van der Waals surface area contributed by atoms with Crippen molar-refractivity contribution in [1.82, 2.24) is 9.62 Å². The summed E-state index contributed by atoms with van der Waals surface area (Å²) < 4.78 is 32.5. The molecule has 0 saturated carbocycles. The smallest absolute Gasteiger partial charge is 0.409 e. The highest BCUT2D eigenvalue weighted by molar-refractivity contribution is 7.89. The lowest BCUT2D eigenvalue weighted by Crippen LogP contribution is -2.46. The molecular weight excluding hydrogens is 328 g/mol. The van der Waals surface area contributed by atoms with Gasteiger partial charge in [0.1, 0.15) is 0 Å². The second kappa shape index (κ2) is 7.11. The Morgan fingerprint density at radius 3 is 2.17 bits per heavy atom. The molecule has 1 heterocycles. The van der Waals surface area contributed by atoms with Gasteiger partial charge in [-0.2, -0.15) is 0 Å². The van der Waals surface area contributed by atoms with E-state index in [1.54, 1.807) is 17.0 Å². The standard InChI is InChI=1S/C17H26N2O4S/c1-17(2,3)13-5-7-15(8-6-13)24(21,22)18-14-9-11-19(12-10-14)16(20)23-4/h5-8,14,18H,9-12H2,1-4H3. The summed E-state index contributed by atoms with van der Waals surface area (Å²) in [5, 5.41) is 0. The number of hydrogen-bond donors (Lipinski definition) is 1. The minimum atomic E-state index is -3.55. The highest BCUT2D eigenvalue weighted by Gasteiger charge is 2.27. The van der Waals surface area contributed by atoms with Gasteiger partial charge in [-0.3, -0.25) is 0 Å². The quantitative estimate of drug-likeness (QED) is 0.905. The highest BCUT2D eigenvalue weighted by atomic mass is 32.2. The van der Waals surface area contributed by atoms with Crippen molar-refractivity contribution in [2.45, 2.75) is 50.0 Å². The maximum Gasteiger partial charge on any atom is 0.409 e. The van der Waals surface area contributed by atoms with E-state index in [2.05, 4.69) is 30.2 Å². The number of amides is 1. The number of rotatable bonds is 3. The Balaban J connectivity index is 2.01. The Bertz CT molecular complexity index is 670. The number of methoxy groups -OCH3 is 1. The average Bonchev–Trinajstić information content (AvgIpc) is 2.54. The Morgan fingerprint density at radius 2 is 1.71 bits per heavy atom. The maximum absolute atomic E-state index is 12.5. The predicted molar refractivity (Wildman–Crippen MR) is 92.5 cm³/mol. The van der Waals surface area contributed by atoms with Crippen LogP contribution in [0.1, 0.15) is 39.2 Å². The van der Waals surface area contributed by atoms with Crippen molar-refractivity contribution in [2.24, 2.45) is 0 Å². The molecule has 1 fully saturated rings. The first kappa shape index (κ1) is 18.7. The van der Waals surface area contributed by atoms with Crippen molar-refractivity contribution >= 4 is 16.1 Å². The van der Waals surface area contributed by atoms with E-state index in [0.717, 1.165) is 5.56 Å². The second-order valence-electron chi connectivity index (χ2n) is 7.13. The third-order valence-corrected chi connectivity index (χ3v) is 5.82. The average molecular weight is 354 g/mol. The number of piperidine rings is 1. The summed E-state index contributed by atoms with van der Waals surface area (Å²) in [7, 11) is -2.20. The normalized spacial score (nSPS) is 16.9. The zero-order valence-corrected chi connectivity index (χ0v) is 15.5. The van der Waals surface area contributed by atoms with E-state index in [9.17, 15) is 13.2 Å². The fourth-order valence-corrected chi connectivity index (χ4v) is 4.04. The van der Waals surface area contributed by atoms with E-state index in [1.165, 1.54) is 7.11 Å². The Morgan fingerprint density at radius 1 is 1.17 bits per heavy atom. The topological polar surface area (TPSA) is 75.7 Å². The lowest BCUT2D eigenvalue weighted by atomic mass is 9.87. The number of carbonyl (C=O) groups is 1. The van der Waals surface area contributed by atoms with Crippen LogP contribution in [-0.4, -0.2) is 45.7 Å². The summed E-state index contributed by atoms with van der Waals surface area (Å²) in [6, 6.07) is 6.83. The summed E-state index contributed by atoms with van der Waals surface area (Å²) >= 11 is 0. The van der Waals surface area contributed by atoms with Crippen LogP contribution in [-0.2, 0) is 20.2 Å². The summed E-state index contributed by atoms with van der Waals surface area (Å²) in [5.41, 5.74) is 1.07. The number of likely N-dealkylation sites (tertiary alicyclic amines) is 1. The highest BCUT2D eigenvalue weighted by Crippen LogP contribution is 2.24. The number of hydrogen-bond acceptors (Lipinski definition) is 4. The van der Waals surface area contributed by atoms with Gasteiger partial charge in [0.15, 0.2) is 0 Å². The summed E-state index contributed by atoms with van der Waals surface area (Å²) in [5.74, 6) is 0. The van der Waals surface area contributed by atoms with Gasteiger partial charge >= 0.3 is 6.09 Å². The molecule has 0 bridgehead atoms. The lowest BCUT2D eigenvalue weighted by molar-refractivity contribution is 0.111. The number of benzene rings is 1. The van der Waals surface area contributed by atoms with E-state index in [0.29, 0.717) is 25.9 Å². The minimum absolute atomic E-state index is 0.0174. The van der Waals surface area contributed by atoms with Crippen LogP contribution in [0.25, 0.3) is 0 Å². The van der Waals surface area contributed by atoms with E-state index >= 15 is 0 Å². The minimum Gasteiger partial charge on any atom is -0.453 e. The molecular formula is C17H26N2O4S. The number of ether oxygens (including phenoxy) is 1. The summed E-state index contributed by atoms with van der Waals surface area (Å²) in [6.45, 7) is 7.24. The van der Waals surface area contributed by atoms with Crippen molar-refractivity contribution in [3.8, 4) is 0 Å². The third kappa shape index (κ3) is 4.48. The molecule has 1 N–H and O–H groups in total. The van der Waals surface area contributed by atoms with Gasteiger partial charge in [-0.15, -0.1) is 0 Å². The van der Waals surface area contributed by atoms with Crippen LogP contribution in [0.5, 0.6) is 0 Å². The zero-order valence-electron chi connectivity index (χ0n) is 14.7. The molecule has 0 aliphatic carbocycles. The van der Waals surface area contributed by atoms with Crippen molar-refractivity contribution < 1.29 is 17.9 Å². The molecule has 7 heteroatoms. The molecule has 1 amide bonds. The molecule has 2 rings (SSSR count). The van der Waals surface area contributed by atoms with Gasteiger partial charge in [-0.05, 0) is 36.0 Å². The Kier molecular flexibility index (Phi) is 5.55. The monoisotopic (exact) mass is 354 g/mol. The van der Waals surface area contributed by atoms with Crippen LogP contribution in [0.15, 0.2) is 29.2 Å². The molecule has 134 valence electrons. The van der Waals surface area contributed by atoms with Crippen molar-refractivity contribution in [2.75, 3.05) is 20.2 Å². The van der Waals surface area contributed by atoms with E-state index < -0.39 is 10.0 Å². The molecule has 0 unspecified atom stereocenters. The first-order valence-corrected chi connectivity index (χ1v) is 9.57. The van der Waals surface area contributed by atoms with Gasteiger partial charge in [0, 0.05) is 19.1 Å². The van der Waals surface area contributed by atoms with Gasteiger partial charge < -0.3 is 9.64 Å². The summed E-state index contributed by atoms with van der Waals surface area (Å²) in [6.07, 6.45) is 0.789. The van der Waals surface area contributed by atoms with Gasteiger partial charge in [0.25, 0.3) is 0 Å². The van der Waals surface area contributed by atoms with Gasteiger partial charge in [0.2, 0.25) is 10.0 Å². The number of nitrogens with zero attached hydrogens (tertiary/aromatic N) is 1. The predicted octanol–water partition coefficient (Wildman–Crippen LogP) is 2.49.